The standard InChI is InChI=1S/C25H24ClF2N4OP/c1-13-10-21(34(4,5)33)29-12-17(13)23-19(28)11-20-24(32-23)25(22(26)15(3)30-20)31-14(2)16-8-6-7-9-18(16)27/h6-12,14H,1-5H3,(H,30,31)/t14-/m1/s1. The van der Waals surface area contributed by atoms with Crippen LogP contribution in [-0.2, 0) is 4.57 Å². The van der Waals surface area contributed by atoms with Gasteiger partial charge in [0.25, 0.3) is 0 Å². The molecule has 0 aliphatic heterocycles. The summed E-state index contributed by atoms with van der Waals surface area (Å²) in [5.41, 5.74) is 3.79. The largest absolute Gasteiger partial charge is 0.375 e. The van der Waals surface area contributed by atoms with Gasteiger partial charge in [0.05, 0.1) is 33.4 Å². The van der Waals surface area contributed by atoms with E-state index in [0.29, 0.717) is 49.6 Å². The average Bonchev–Trinajstić information content (AvgIpc) is 2.76. The van der Waals surface area contributed by atoms with Crippen molar-refractivity contribution in [2.24, 2.45) is 0 Å². The Morgan fingerprint density at radius 1 is 1.06 bits per heavy atom. The van der Waals surface area contributed by atoms with E-state index >= 15 is 4.39 Å². The fourth-order valence-corrected chi connectivity index (χ4v) is 4.81. The number of aromatic nitrogens is 3. The zero-order valence-corrected chi connectivity index (χ0v) is 21.1. The summed E-state index contributed by atoms with van der Waals surface area (Å²) in [7, 11) is -2.57. The van der Waals surface area contributed by atoms with Gasteiger partial charge in [-0.25, -0.2) is 18.7 Å². The molecule has 1 aromatic carbocycles. The number of halogens is 3. The minimum atomic E-state index is -2.57. The number of hydrogen-bond acceptors (Lipinski definition) is 5. The molecule has 0 fully saturated rings. The molecular formula is C25H24ClF2N4OP. The van der Waals surface area contributed by atoms with E-state index in [9.17, 15) is 8.96 Å². The molecule has 0 radical (unpaired) electrons. The van der Waals surface area contributed by atoms with Crippen molar-refractivity contribution in [3.63, 3.8) is 0 Å². The summed E-state index contributed by atoms with van der Waals surface area (Å²) >= 11 is 6.59. The maximum atomic E-state index is 15.2. The number of pyridine rings is 3. The summed E-state index contributed by atoms with van der Waals surface area (Å²) in [5.74, 6) is -0.914. The minimum absolute atomic E-state index is 0.0782. The van der Waals surface area contributed by atoms with Crippen LogP contribution in [0.4, 0.5) is 14.5 Å². The van der Waals surface area contributed by atoms with Gasteiger partial charge in [0.1, 0.15) is 24.2 Å². The Kier molecular flexibility index (Phi) is 6.45. The zero-order chi connectivity index (χ0) is 24.8. The molecule has 0 aliphatic carbocycles. The third-order valence-corrected chi connectivity index (χ3v) is 7.46. The van der Waals surface area contributed by atoms with E-state index < -0.39 is 19.0 Å². The fraction of sp³-hybridized carbons (Fsp3) is 0.240. The summed E-state index contributed by atoms with van der Waals surface area (Å²) in [5, 5.41) is 3.57. The molecule has 0 saturated heterocycles. The third kappa shape index (κ3) is 4.55. The first-order chi connectivity index (χ1) is 16.0. The van der Waals surface area contributed by atoms with Gasteiger partial charge in [0.15, 0.2) is 5.82 Å². The van der Waals surface area contributed by atoms with Gasteiger partial charge < -0.3 is 9.88 Å². The smallest absolute Gasteiger partial charge is 0.151 e. The van der Waals surface area contributed by atoms with Gasteiger partial charge in [-0.05, 0) is 51.8 Å². The number of nitrogens with one attached hydrogen (secondary N) is 1. The maximum Gasteiger partial charge on any atom is 0.151 e. The molecule has 1 N–H and O–H groups in total. The molecule has 5 nitrogen and oxygen atoms in total. The second-order valence-electron chi connectivity index (χ2n) is 8.67. The predicted molar refractivity (Wildman–Crippen MR) is 135 cm³/mol. The Morgan fingerprint density at radius 2 is 1.76 bits per heavy atom. The molecular weight excluding hydrogens is 477 g/mol. The van der Waals surface area contributed by atoms with Gasteiger partial charge in [-0.2, -0.15) is 0 Å². The van der Waals surface area contributed by atoms with Crippen LogP contribution < -0.4 is 10.8 Å². The lowest BCUT2D eigenvalue weighted by molar-refractivity contribution is 0.587. The monoisotopic (exact) mass is 500 g/mol. The van der Waals surface area contributed by atoms with E-state index in [0.717, 1.165) is 0 Å². The van der Waals surface area contributed by atoms with Crippen LogP contribution in [0.2, 0.25) is 5.02 Å². The van der Waals surface area contributed by atoms with Crippen molar-refractivity contribution in [2.75, 3.05) is 18.6 Å². The Labute approximate surface area is 202 Å². The number of nitrogens with zero attached hydrogens (tertiary/aromatic N) is 3. The molecule has 4 aromatic rings. The van der Waals surface area contributed by atoms with Crippen molar-refractivity contribution in [2.45, 2.75) is 26.8 Å². The Hall–Kier alpha value is -2.89. The SMILES string of the molecule is Cc1cc(P(C)(C)=O)ncc1-c1nc2c(N[C@H](C)c3ccccc3F)c(Cl)c(C)nc2cc1F. The fourth-order valence-electron chi connectivity index (χ4n) is 3.79. The van der Waals surface area contributed by atoms with Gasteiger partial charge in [0.2, 0.25) is 0 Å². The number of hydrogen-bond donors (Lipinski definition) is 1. The Balaban J connectivity index is 1.88. The number of benzene rings is 1. The zero-order valence-electron chi connectivity index (χ0n) is 19.4. The predicted octanol–water partition coefficient (Wildman–Crippen LogP) is 6.66. The van der Waals surface area contributed by atoms with E-state index in [1.807, 2.05) is 0 Å². The van der Waals surface area contributed by atoms with Crippen molar-refractivity contribution >= 4 is 40.9 Å². The molecule has 3 heterocycles. The van der Waals surface area contributed by atoms with Crippen LogP contribution in [-0.4, -0.2) is 28.3 Å². The molecule has 0 spiro atoms. The molecule has 176 valence electrons. The van der Waals surface area contributed by atoms with E-state index in [-0.39, 0.29) is 11.5 Å². The number of anilines is 1. The van der Waals surface area contributed by atoms with Crippen molar-refractivity contribution in [1.29, 1.82) is 0 Å². The van der Waals surface area contributed by atoms with Crippen LogP contribution in [0.25, 0.3) is 22.3 Å². The summed E-state index contributed by atoms with van der Waals surface area (Å²) in [6.07, 6.45) is 1.49. The number of fused-ring (bicyclic) bond motifs is 1. The summed E-state index contributed by atoms with van der Waals surface area (Å²) in [6.45, 7) is 8.58. The lowest BCUT2D eigenvalue weighted by Gasteiger charge is -2.20. The highest BCUT2D eigenvalue weighted by atomic mass is 35.5. The van der Waals surface area contributed by atoms with Crippen LogP contribution >= 0.6 is 18.7 Å². The average molecular weight is 501 g/mol. The van der Waals surface area contributed by atoms with Crippen LogP contribution in [0.5, 0.6) is 0 Å². The van der Waals surface area contributed by atoms with Crippen LogP contribution in [0.3, 0.4) is 0 Å². The first-order valence-corrected chi connectivity index (χ1v) is 13.6. The van der Waals surface area contributed by atoms with Crippen molar-refractivity contribution < 1.29 is 13.3 Å². The summed E-state index contributed by atoms with van der Waals surface area (Å²) in [6, 6.07) is 9.02. The molecule has 0 amide bonds. The van der Waals surface area contributed by atoms with Crippen molar-refractivity contribution in [1.82, 2.24) is 15.0 Å². The highest BCUT2D eigenvalue weighted by Crippen LogP contribution is 2.38. The lowest BCUT2D eigenvalue weighted by atomic mass is 10.1. The van der Waals surface area contributed by atoms with Crippen LogP contribution in [0.1, 0.15) is 29.8 Å². The van der Waals surface area contributed by atoms with Crippen molar-refractivity contribution in [3.8, 4) is 11.3 Å². The molecule has 9 heteroatoms. The molecule has 1 atom stereocenters. The molecule has 0 saturated carbocycles. The molecule has 34 heavy (non-hydrogen) atoms. The molecule has 3 aromatic heterocycles. The third-order valence-electron chi connectivity index (χ3n) is 5.65. The van der Waals surface area contributed by atoms with E-state index in [1.165, 1.54) is 18.3 Å². The molecule has 0 aliphatic rings. The van der Waals surface area contributed by atoms with Crippen molar-refractivity contribution in [3.05, 3.63) is 76.1 Å². The summed E-state index contributed by atoms with van der Waals surface area (Å²) < 4.78 is 41.9. The topological polar surface area (TPSA) is 67.8 Å². The molecule has 0 unspecified atom stereocenters. The van der Waals surface area contributed by atoms with E-state index in [2.05, 4.69) is 20.3 Å². The first kappa shape index (κ1) is 24.2. The maximum absolute atomic E-state index is 15.2. The molecule has 4 rings (SSSR count). The second-order valence-corrected chi connectivity index (χ2v) is 12.2. The number of rotatable bonds is 5. The Morgan fingerprint density at radius 3 is 2.41 bits per heavy atom. The van der Waals surface area contributed by atoms with Gasteiger partial charge in [-0.1, -0.05) is 29.8 Å². The van der Waals surface area contributed by atoms with E-state index in [4.69, 9.17) is 11.6 Å². The minimum Gasteiger partial charge on any atom is -0.375 e. The number of aryl methyl sites for hydroxylation is 2. The molecule has 0 bridgehead atoms. The van der Waals surface area contributed by atoms with Crippen LogP contribution in [0.15, 0.2) is 42.6 Å². The van der Waals surface area contributed by atoms with E-state index in [1.54, 1.807) is 58.4 Å². The van der Waals surface area contributed by atoms with Gasteiger partial charge in [-0.15, -0.1) is 0 Å². The normalized spacial score (nSPS) is 12.7. The van der Waals surface area contributed by atoms with Gasteiger partial charge >= 0.3 is 0 Å². The highest BCUT2D eigenvalue weighted by Gasteiger charge is 2.21. The Bertz CT molecular complexity index is 1470. The quantitative estimate of drug-likeness (QED) is 0.310. The first-order valence-electron chi connectivity index (χ1n) is 10.7. The van der Waals surface area contributed by atoms with Crippen LogP contribution in [0, 0.1) is 25.5 Å². The van der Waals surface area contributed by atoms with Gasteiger partial charge in [0, 0.05) is 23.4 Å². The summed E-state index contributed by atoms with van der Waals surface area (Å²) in [4.78, 5) is 13.3. The second kappa shape index (κ2) is 9.05. The van der Waals surface area contributed by atoms with Gasteiger partial charge in [-0.3, -0.25) is 4.98 Å². The highest BCUT2D eigenvalue weighted by molar-refractivity contribution is 7.69. The lowest BCUT2D eigenvalue weighted by Crippen LogP contribution is -2.11.